The number of rotatable bonds is 4. The van der Waals surface area contributed by atoms with Gasteiger partial charge in [0.05, 0.1) is 11.2 Å². The van der Waals surface area contributed by atoms with E-state index >= 15 is 0 Å². The molecule has 14 heavy (non-hydrogen) atoms. The van der Waals surface area contributed by atoms with Crippen molar-refractivity contribution in [3.63, 3.8) is 0 Å². The Morgan fingerprint density at radius 1 is 1.29 bits per heavy atom. The van der Waals surface area contributed by atoms with Crippen molar-refractivity contribution in [2.24, 2.45) is 0 Å². The molecule has 0 spiro atoms. The van der Waals surface area contributed by atoms with E-state index in [1.165, 1.54) is 0 Å². The molecule has 0 bridgehead atoms. The third-order valence-corrected chi connectivity index (χ3v) is 3.64. The van der Waals surface area contributed by atoms with Crippen molar-refractivity contribution in [3.05, 3.63) is 0 Å². The highest BCUT2D eigenvalue weighted by molar-refractivity contribution is 7.80. The largest absolute Gasteiger partial charge is 0.637 e. The van der Waals surface area contributed by atoms with E-state index in [2.05, 4.69) is 12.6 Å². The molecule has 1 N–H and O–H groups in total. The fourth-order valence-electron chi connectivity index (χ4n) is 1.92. The van der Waals surface area contributed by atoms with Crippen LogP contribution in [0.1, 0.15) is 40.0 Å². The van der Waals surface area contributed by atoms with Gasteiger partial charge in [-0.05, 0) is 38.9 Å². The van der Waals surface area contributed by atoms with Gasteiger partial charge in [-0.15, -0.1) is 0 Å². The van der Waals surface area contributed by atoms with E-state index in [9.17, 15) is 5.02 Å². The van der Waals surface area contributed by atoms with Crippen LogP contribution in [0.15, 0.2) is 0 Å². The van der Waals surface area contributed by atoms with Gasteiger partial charge in [0, 0.05) is 0 Å². The van der Waals surface area contributed by atoms with Gasteiger partial charge in [-0.25, -0.2) is 0 Å². The third kappa shape index (κ3) is 2.11. The second kappa shape index (κ2) is 4.43. The fraction of sp³-hybridized carbons (Fsp3) is 1.00. The molecule has 0 amide bonds. The zero-order valence-corrected chi connectivity index (χ0v) is 10.0. The summed E-state index contributed by atoms with van der Waals surface area (Å²) in [5.41, 5.74) is -0.792. The van der Waals surface area contributed by atoms with Gasteiger partial charge >= 0.3 is 7.32 Å². The van der Waals surface area contributed by atoms with E-state index in [1.807, 2.05) is 20.8 Å². The molecule has 3 nitrogen and oxygen atoms in total. The van der Waals surface area contributed by atoms with Crippen LogP contribution in [0, 0.1) is 0 Å². The maximum Gasteiger partial charge on any atom is 0.637 e. The van der Waals surface area contributed by atoms with E-state index in [0.717, 1.165) is 25.0 Å². The zero-order valence-electron chi connectivity index (χ0n) is 9.12. The van der Waals surface area contributed by atoms with Crippen LogP contribution in [0.3, 0.4) is 0 Å². The molecule has 0 aromatic rings. The van der Waals surface area contributed by atoms with E-state index in [1.54, 1.807) is 0 Å². The van der Waals surface area contributed by atoms with Gasteiger partial charge in [0.15, 0.2) is 0 Å². The lowest BCUT2D eigenvalue weighted by atomic mass is 9.81. The summed E-state index contributed by atoms with van der Waals surface area (Å²) in [5, 5.41) is 9.37. The van der Waals surface area contributed by atoms with Gasteiger partial charge in [0.1, 0.15) is 0 Å². The molecule has 82 valence electrons. The Morgan fingerprint density at radius 2 is 1.86 bits per heavy atom. The predicted molar refractivity (Wildman–Crippen MR) is 60.3 cm³/mol. The van der Waals surface area contributed by atoms with Crippen LogP contribution in [0.5, 0.6) is 0 Å². The van der Waals surface area contributed by atoms with E-state index in [4.69, 9.17) is 9.31 Å². The molecule has 0 aromatic heterocycles. The van der Waals surface area contributed by atoms with Gasteiger partial charge in [-0.2, -0.15) is 12.6 Å². The summed E-state index contributed by atoms with van der Waals surface area (Å²) in [6.07, 6.45) is 2.65. The number of hydrogen-bond acceptors (Lipinski definition) is 4. The van der Waals surface area contributed by atoms with Gasteiger partial charge in [0.2, 0.25) is 0 Å². The summed E-state index contributed by atoms with van der Waals surface area (Å²) in [6.45, 7) is 6.03. The van der Waals surface area contributed by atoms with Gasteiger partial charge in [-0.3, -0.25) is 0 Å². The molecule has 0 aliphatic carbocycles. The van der Waals surface area contributed by atoms with Crippen LogP contribution in [0.2, 0.25) is 0 Å². The van der Waals surface area contributed by atoms with E-state index in [-0.39, 0.29) is 0 Å². The topological polar surface area (TPSA) is 38.7 Å². The average molecular weight is 218 g/mol. The lowest BCUT2D eigenvalue weighted by Crippen LogP contribution is -2.46. The summed E-state index contributed by atoms with van der Waals surface area (Å²) in [7, 11) is -1.08. The minimum atomic E-state index is -1.08. The monoisotopic (exact) mass is 218 g/mol. The van der Waals surface area contributed by atoms with Crippen molar-refractivity contribution in [2.45, 2.75) is 51.2 Å². The quantitative estimate of drug-likeness (QED) is 0.556. The van der Waals surface area contributed by atoms with Crippen LogP contribution >= 0.6 is 12.6 Å². The summed E-state index contributed by atoms with van der Waals surface area (Å²) in [4.78, 5) is 0. The first-order valence-corrected chi connectivity index (χ1v) is 5.75. The van der Waals surface area contributed by atoms with Crippen LogP contribution in [0.25, 0.3) is 0 Å². The highest BCUT2D eigenvalue weighted by Gasteiger charge is 2.55. The molecule has 1 saturated heterocycles. The summed E-state index contributed by atoms with van der Waals surface area (Å²) < 4.78 is 10.9. The summed E-state index contributed by atoms with van der Waals surface area (Å²) in [6, 6.07) is 0. The first kappa shape index (κ1) is 12.4. The predicted octanol–water partition coefficient (Wildman–Crippen LogP) is 1.65. The van der Waals surface area contributed by atoms with Gasteiger partial charge in [0.25, 0.3) is 0 Å². The van der Waals surface area contributed by atoms with Gasteiger partial charge < -0.3 is 14.3 Å². The molecular weight excluding hydrogens is 199 g/mol. The third-order valence-electron chi connectivity index (χ3n) is 3.33. The summed E-state index contributed by atoms with van der Waals surface area (Å²) >= 11 is 4.18. The zero-order chi connectivity index (χ0) is 10.8. The molecule has 1 aliphatic heterocycles. The second-order valence-electron chi connectivity index (χ2n) is 4.19. The second-order valence-corrected chi connectivity index (χ2v) is 4.63. The van der Waals surface area contributed by atoms with Crippen molar-refractivity contribution in [3.8, 4) is 0 Å². The maximum absolute atomic E-state index is 9.37. The van der Waals surface area contributed by atoms with E-state index in [0.29, 0.717) is 0 Å². The Balaban J connectivity index is 2.73. The SMILES string of the molecule is CCC1(C)OB(O)OC1(C)CCCS. The molecule has 0 saturated carbocycles. The highest BCUT2D eigenvalue weighted by atomic mass is 32.1. The molecule has 0 radical (unpaired) electrons. The fourth-order valence-corrected chi connectivity index (χ4v) is 2.07. The van der Waals surface area contributed by atoms with Crippen LogP contribution in [-0.2, 0) is 9.31 Å². The van der Waals surface area contributed by atoms with Crippen molar-refractivity contribution >= 4 is 20.0 Å². The molecule has 1 heterocycles. The lowest BCUT2D eigenvalue weighted by Gasteiger charge is -2.38. The van der Waals surface area contributed by atoms with Crippen molar-refractivity contribution in [1.82, 2.24) is 0 Å². The normalized spacial score (nSPS) is 37.9. The van der Waals surface area contributed by atoms with Gasteiger partial charge in [-0.1, -0.05) is 6.92 Å². The Labute approximate surface area is 91.8 Å². The molecule has 5 heteroatoms. The molecule has 2 unspecified atom stereocenters. The van der Waals surface area contributed by atoms with E-state index < -0.39 is 18.5 Å². The molecule has 1 rings (SSSR count). The molecule has 1 aliphatic rings. The van der Waals surface area contributed by atoms with Crippen LogP contribution in [0.4, 0.5) is 0 Å². The standard InChI is InChI=1S/C9H19BO3S/c1-4-8(2)9(3,6-5-7-14)13-10(11)12-8/h11,14H,4-7H2,1-3H3. The highest BCUT2D eigenvalue weighted by Crippen LogP contribution is 2.42. The minimum Gasteiger partial charge on any atom is -0.402 e. The molecule has 0 aromatic carbocycles. The average Bonchev–Trinajstić information content (AvgIpc) is 2.35. The number of hydrogen-bond donors (Lipinski definition) is 2. The first-order chi connectivity index (χ1) is 6.47. The Morgan fingerprint density at radius 3 is 2.36 bits per heavy atom. The minimum absolute atomic E-state index is 0.393. The lowest BCUT2D eigenvalue weighted by molar-refractivity contribution is -0.0316. The van der Waals surface area contributed by atoms with Crippen LogP contribution < -0.4 is 0 Å². The first-order valence-electron chi connectivity index (χ1n) is 5.12. The Bertz CT molecular complexity index is 204. The summed E-state index contributed by atoms with van der Waals surface area (Å²) in [5.74, 6) is 0.828. The number of thiol groups is 1. The van der Waals surface area contributed by atoms with Crippen LogP contribution in [-0.4, -0.2) is 29.3 Å². The maximum atomic E-state index is 9.37. The van der Waals surface area contributed by atoms with Crippen molar-refractivity contribution in [1.29, 1.82) is 0 Å². The van der Waals surface area contributed by atoms with Crippen molar-refractivity contribution in [2.75, 3.05) is 5.75 Å². The Kier molecular flexibility index (Phi) is 3.91. The molecule has 1 fully saturated rings. The van der Waals surface area contributed by atoms with Crippen molar-refractivity contribution < 1.29 is 14.3 Å². The Hall–Kier alpha value is 0.295. The molecule has 2 atom stereocenters. The molecular formula is C9H19BO3S. The smallest absolute Gasteiger partial charge is 0.402 e.